The van der Waals surface area contributed by atoms with Gasteiger partial charge in [-0.25, -0.2) is 4.79 Å². The second kappa shape index (κ2) is 15.2. The van der Waals surface area contributed by atoms with Gasteiger partial charge in [-0.1, -0.05) is 0 Å². The van der Waals surface area contributed by atoms with Gasteiger partial charge in [0, 0.05) is 25.9 Å². The Balaban J connectivity index is 3.05. The molecule has 0 aliphatic carbocycles. The first kappa shape index (κ1) is 31.1. The molecule has 0 radical (unpaired) electrons. The number of hydrogen-bond acceptors (Lipinski definition) is 8. The molecule has 3 amide bonds. The third-order valence-electron chi connectivity index (χ3n) is 5.67. The number of carboxylic acids is 3. The molecule has 0 aromatic heterocycles. The highest BCUT2D eigenvalue weighted by Crippen LogP contribution is 2.20. The highest BCUT2D eigenvalue weighted by atomic mass is 16.4. The topological polar surface area (TPSA) is 281 Å². The SMILES string of the molecule is NC(N)=NCCCC(NC(=O)C(CCC(=O)O)NC(=O)C(N)CCC(=O)O)C(=O)N1CCCC1C(=O)O. The van der Waals surface area contributed by atoms with Gasteiger partial charge in [0.05, 0.1) is 6.04 Å². The van der Waals surface area contributed by atoms with Crippen LogP contribution in [0.15, 0.2) is 4.99 Å². The van der Waals surface area contributed by atoms with Crippen molar-refractivity contribution < 1.29 is 44.1 Å². The minimum atomic E-state index is -1.40. The van der Waals surface area contributed by atoms with Gasteiger partial charge >= 0.3 is 17.9 Å². The molecule has 37 heavy (non-hydrogen) atoms. The summed E-state index contributed by atoms with van der Waals surface area (Å²) >= 11 is 0. The Morgan fingerprint density at radius 2 is 1.49 bits per heavy atom. The van der Waals surface area contributed by atoms with E-state index < -0.39 is 72.6 Å². The number of amides is 3. The summed E-state index contributed by atoms with van der Waals surface area (Å²) in [5, 5.41) is 32.0. The van der Waals surface area contributed by atoms with Crippen LogP contribution in [-0.4, -0.2) is 99.1 Å². The van der Waals surface area contributed by atoms with Crippen molar-refractivity contribution >= 4 is 41.6 Å². The van der Waals surface area contributed by atoms with Crippen molar-refractivity contribution in [2.24, 2.45) is 22.2 Å². The molecule has 11 N–H and O–H groups in total. The van der Waals surface area contributed by atoms with Crippen LogP contribution in [0, 0.1) is 0 Å². The molecule has 0 saturated carbocycles. The lowest BCUT2D eigenvalue weighted by Crippen LogP contribution is -2.57. The Labute approximate surface area is 212 Å². The number of likely N-dealkylation sites (tertiary alicyclic amines) is 1. The molecule has 0 aromatic carbocycles. The summed E-state index contributed by atoms with van der Waals surface area (Å²) in [5.74, 6) is -6.17. The van der Waals surface area contributed by atoms with Crippen LogP contribution in [0.25, 0.3) is 0 Å². The number of carbonyl (C=O) groups is 6. The van der Waals surface area contributed by atoms with E-state index in [4.69, 9.17) is 27.4 Å². The van der Waals surface area contributed by atoms with Crippen LogP contribution in [0.3, 0.4) is 0 Å². The largest absolute Gasteiger partial charge is 0.481 e. The van der Waals surface area contributed by atoms with Crippen LogP contribution in [0.2, 0.25) is 0 Å². The van der Waals surface area contributed by atoms with Gasteiger partial charge in [0.2, 0.25) is 17.7 Å². The van der Waals surface area contributed by atoms with E-state index >= 15 is 0 Å². The average Bonchev–Trinajstić information content (AvgIpc) is 3.31. The Morgan fingerprint density at radius 1 is 0.892 bits per heavy atom. The number of carboxylic acid groups (broad SMARTS) is 3. The number of nitrogens with zero attached hydrogens (tertiary/aromatic N) is 2. The normalized spacial score (nSPS) is 17.2. The molecular formula is C21H35N7O9. The molecule has 1 rings (SSSR count). The van der Waals surface area contributed by atoms with Crippen molar-refractivity contribution in [2.45, 2.75) is 75.5 Å². The molecule has 0 bridgehead atoms. The van der Waals surface area contributed by atoms with E-state index in [0.29, 0.717) is 6.42 Å². The van der Waals surface area contributed by atoms with E-state index in [1.165, 1.54) is 0 Å². The van der Waals surface area contributed by atoms with Crippen molar-refractivity contribution in [3.63, 3.8) is 0 Å². The number of nitrogens with two attached hydrogens (primary N) is 3. The Hall–Kier alpha value is -3.95. The summed E-state index contributed by atoms with van der Waals surface area (Å²) in [6, 6.07) is -4.93. The number of hydrogen-bond donors (Lipinski definition) is 8. The molecule has 0 spiro atoms. The fraction of sp³-hybridized carbons (Fsp3) is 0.667. The molecule has 1 aliphatic rings. The molecule has 208 valence electrons. The average molecular weight is 530 g/mol. The summed E-state index contributed by atoms with van der Waals surface area (Å²) in [7, 11) is 0. The first-order valence-corrected chi connectivity index (χ1v) is 11.7. The van der Waals surface area contributed by atoms with Gasteiger partial charge in [0.1, 0.15) is 18.1 Å². The standard InChI is InChI=1S/C21H35N7O9/c22-11(5-7-15(29)30)17(33)26-12(6-8-16(31)32)18(34)27-13(3-1-9-25-21(23)24)19(35)28-10-2-4-14(28)20(36)37/h11-14H,1-10,22H2,(H,26,33)(H,27,34)(H,29,30)(H,31,32)(H,36,37)(H4,23,24,25). The number of aliphatic imine (C=N–C) groups is 1. The summed E-state index contributed by atoms with van der Waals surface area (Å²) in [6.07, 6.45) is -0.466. The molecule has 16 heteroatoms. The number of rotatable bonds is 16. The number of carbonyl (C=O) groups excluding carboxylic acids is 3. The van der Waals surface area contributed by atoms with Crippen LogP contribution < -0.4 is 27.8 Å². The second-order valence-corrected chi connectivity index (χ2v) is 8.57. The molecule has 4 atom stereocenters. The monoisotopic (exact) mass is 529 g/mol. The zero-order valence-corrected chi connectivity index (χ0v) is 20.3. The van der Waals surface area contributed by atoms with E-state index in [1.807, 2.05) is 0 Å². The summed E-state index contributed by atoms with van der Waals surface area (Å²) in [4.78, 5) is 77.0. The van der Waals surface area contributed by atoms with Crippen molar-refractivity contribution in [1.29, 1.82) is 0 Å². The molecule has 4 unspecified atom stereocenters. The maximum Gasteiger partial charge on any atom is 0.326 e. The summed E-state index contributed by atoms with van der Waals surface area (Å²) in [6.45, 7) is 0.301. The zero-order valence-electron chi connectivity index (χ0n) is 20.3. The maximum atomic E-state index is 13.2. The molecule has 0 aromatic rings. The Bertz CT molecular complexity index is 892. The summed E-state index contributed by atoms with van der Waals surface area (Å²) in [5.41, 5.74) is 16.3. The zero-order chi connectivity index (χ0) is 28.1. The van der Waals surface area contributed by atoms with Crippen molar-refractivity contribution in [3.05, 3.63) is 0 Å². The van der Waals surface area contributed by atoms with Gasteiger partial charge < -0.3 is 48.1 Å². The molecule has 1 saturated heterocycles. The minimum absolute atomic E-state index is 0.0297. The predicted octanol–water partition coefficient (Wildman–Crippen LogP) is -2.86. The van der Waals surface area contributed by atoms with E-state index in [-0.39, 0.29) is 51.2 Å². The summed E-state index contributed by atoms with van der Waals surface area (Å²) < 4.78 is 0. The smallest absolute Gasteiger partial charge is 0.326 e. The lowest BCUT2D eigenvalue weighted by molar-refractivity contribution is -0.149. The first-order chi connectivity index (χ1) is 17.3. The van der Waals surface area contributed by atoms with Crippen LogP contribution in [0.4, 0.5) is 0 Å². The maximum absolute atomic E-state index is 13.2. The molecule has 1 aliphatic heterocycles. The van der Waals surface area contributed by atoms with Crippen molar-refractivity contribution in [2.75, 3.05) is 13.1 Å². The highest BCUT2D eigenvalue weighted by molar-refractivity contribution is 5.94. The molecule has 16 nitrogen and oxygen atoms in total. The molecule has 1 heterocycles. The number of guanidine groups is 1. The van der Waals surface area contributed by atoms with Crippen LogP contribution >= 0.6 is 0 Å². The van der Waals surface area contributed by atoms with Gasteiger partial charge in [0.25, 0.3) is 0 Å². The van der Waals surface area contributed by atoms with Gasteiger partial charge in [-0.3, -0.25) is 29.0 Å². The lowest BCUT2D eigenvalue weighted by Gasteiger charge is -2.29. The third kappa shape index (κ3) is 11.1. The van der Waals surface area contributed by atoms with E-state index in [0.717, 1.165) is 4.90 Å². The molecule has 1 fully saturated rings. The predicted molar refractivity (Wildman–Crippen MR) is 128 cm³/mol. The second-order valence-electron chi connectivity index (χ2n) is 8.57. The quantitative estimate of drug-likeness (QED) is 0.0569. The van der Waals surface area contributed by atoms with E-state index in [1.54, 1.807) is 0 Å². The third-order valence-corrected chi connectivity index (χ3v) is 5.67. The van der Waals surface area contributed by atoms with Crippen LogP contribution in [0.1, 0.15) is 51.4 Å². The van der Waals surface area contributed by atoms with Crippen molar-refractivity contribution in [3.8, 4) is 0 Å². The lowest BCUT2D eigenvalue weighted by atomic mass is 10.1. The van der Waals surface area contributed by atoms with Gasteiger partial charge in [-0.15, -0.1) is 0 Å². The van der Waals surface area contributed by atoms with E-state index in [2.05, 4.69) is 15.6 Å². The fourth-order valence-electron chi connectivity index (χ4n) is 3.75. The van der Waals surface area contributed by atoms with Gasteiger partial charge in [-0.2, -0.15) is 0 Å². The Morgan fingerprint density at radius 3 is 2.05 bits per heavy atom. The minimum Gasteiger partial charge on any atom is -0.481 e. The van der Waals surface area contributed by atoms with Gasteiger partial charge in [-0.05, 0) is 38.5 Å². The van der Waals surface area contributed by atoms with E-state index in [9.17, 15) is 33.9 Å². The highest BCUT2D eigenvalue weighted by Gasteiger charge is 2.38. The van der Waals surface area contributed by atoms with Gasteiger partial charge in [0.15, 0.2) is 5.96 Å². The van der Waals surface area contributed by atoms with Crippen LogP contribution in [-0.2, 0) is 28.8 Å². The fourth-order valence-corrected chi connectivity index (χ4v) is 3.75. The van der Waals surface area contributed by atoms with Crippen LogP contribution in [0.5, 0.6) is 0 Å². The number of aliphatic carboxylic acids is 3. The number of nitrogens with one attached hydrogen (secondary N) is 2. The Kier molecular flexibility index (Phi) is 12.8. The first-order valence-electron chi connectivity index (χ1n) is 11.7. The molecular weight excluding hydrogens is 494 g/mol. The van der Waals surface area contributed by atoms with Crippen molar-refractivity contribution in [1.82, 2.24) is 15.5 Å².